The van der Waals surface area contributed by atoms with Crippen LogP contribution in [0, 0.1) is 3.57 Å². The summed E-state index contributed by atoms with van der Waals surface area (Å²) in [6, 6.07) is 1.77. The summed E-state index contributed by atoms with van der Waals surface area (Å²) in [6.45, 7) is 1.08. The van der Waals surface area contributed by atoms with Gasteiger partial charge in [0.05, 0.1) is 14.3 Å². The van der Waals surface area contributed by atoms with Gasteiger partial charge in [0.1, 0.15) is 13.2 Å². The Balaban J connectivity index is 2.63. The summed E-state index contributed by atoms with van der Waals surface area (Å²) in [6.07, 6.45) is 0. The van der Waals surface area contributed by atoms with Crippen molar-refractivity contribution >= 4 is 39.9 Å². The van der Waals surface area contributed by atoms with Crippen LogP contribution >= 0.6 is 34.2 Å². The van der Waals surface area contributed by atoms with Crippen LogP contribution in [0.5, 0.6) is 11.5 Å². The van der Waals surface area contributed by atoms with E-state index < -0.39 is 0 Å². The topological polar surface area (TPSA) is 44.5 Å². The van der Waals surface area contributed by atoms with Crippen LogP contribution in [0.2, 0.25) is 5.02 Å². The van der Waals surface area contributed by atoms with Gasteiger partial charge >= 0.3 is 0 Å². The van der Waals surface area contributed by atoms with Crippen molar-refractivity contribution < 1.29 is 9.47 Å². The maximum Gasteiger partial charge on any atom is 0.186 e. The smallest absolute Gasteiger partial charge is 0.186 e. The molecular formula is C8H7ClINO2. The van der Waals surface area contributed by atoms with Crippen molar-refractivity contribution in [3.8, 4) is 11.5 Å². The first-order valence-corrected chi connectivity index (χ1v) is 5.19. The highest BCUT2D eigenvalue weighted by Crippen LogP contribution is 2.43. The molecule has 0 amide bonds. The molecule has 0 saturated heterocycles. The molecule has 1 aromatic rings. The fraction of sp³-hybridized carbons (Fsp3) is 0.250. The highest BCUT2D eigenvalue weighted by Gasteiger charge is 2.20. The van der Waals surface area contributed by atoms with Gasteiger partial charge in [0.25, 0.3) is 0 Å². The summed E-state index contributed by atoms with van der Waals surface area (Å²) in [5.41, 5.74) is 6.19. The van der Waals surface area contributed by atoms with Gasteiger partial charge < -0.3 is 15.2 Å². The van der Waals surface area contributed by atoms with Gasteiger partial charge in [-0.1, -0.05) is 11.6 Å². The molecule has 0 bridgehead atoms. The predicted molar refractivity (Wildman–Crippen MR) is 59.6 cm³/mol. The number of hydrogen-bond donors (Lipinski definition) is 1. The van der Waals surface area contributed by atoms with E-state index in [4.69, 9.17) is 26.8 Å². The number of benzene rings is 1. The van der Waals surface area contributed by atoms with Crippen LogP contribution in [0.25, 0.3) is 0 Å². The molecular weight excluding hydrogens is 304 g/mol. The average Bonchev–Trinajstić information content (AvgIpc) is 2.15. The van der Waals surface area contributed by atoms with E-state index in [0.717, 1.165) is 3.57 Å². The van der Waals surface area contributed by atoms with Crippen LogP contribution in [-0.2, 0) is 0 Å². The normalized spacial score (nSPS) is 14.3. The molecule has 13 heavy (non-hydrogen) atoms. The number of rotatable bonds is 0. The van der Waals surface area contributed by atoms with Crippen LogP contribution in [0.4, 0.5) is 5.69 Å². The Labute approximate surface area is 94.3 Å². The van der Waals surface area contributed by atoms with E-state index in [1.807, 2.05) is 0 Å². The zero-order valence-corrected chi connectivity index (χ0v) is 9.55. The number of nitrogen functional groups attached to an aromatic ring is 1. The summed E-state index contributed by atoms with van der Waals surface area (Å²) < 4.78 is 11.7. The van der Waals surface area contributed by atoms with Crippen LogP contribution in [-0.4, -0.2) is 13.2 Å². The van der Waals surface area contributed by atoms with Crippen LogP contribution < -0.4 is 15.2 Å². The number of fused-ring (bicyclic) bond motifs is 1. The fourth-order valence-electron chi connectivity index (χ4n) is 1.16. The van der Waals surface area contributed by atoms with E-state index in [0.29, 0.717) is 35.4 Å². The van der Waals surface area contributed by atoms with E-state index in [9.17, 15) is 0 Å². The Morgan fingerprint density at radius 2 is 1.92 bits per heavy atom. The van der Waals surface area contributed by atoms with Gasteiger partial charge in [-0.2, -0.15) is 0 Å². The van der Waals surface area contributed by atoms with E-state index in [2.05, 4.69) is 22.6 Å². The number of nitrogens with two attached hydrogens (primary N) is 1. The Morgan fingerprint density at radius 3 is 2.62 bits per heavy atom. The molecule has 1 aliphatic rings. The van der Waals surface area contributed by atoms with Gasteiger partial charge in [0.15, 0.2) is 11.5 Å². The second kappa shape index (κ2) is 3.42. The molecule has 3 nitrogen and oxygen atoms in total. The summed E-state index contributed by atoms with van der Waals surface area (Å²) in [5, 5.41) is 0.508. The maximum atomic E-state index is 5.89. The molecule has 0 radical (unpaired) electrons. The molecule has 1 heterocycles. The van der Waals surface area contributed by atoms with Gasteiger partial charge in [-0.3, -0.25) is 0 Å². The Bertz CT molecular complexity index is 356. The zero-order chi connectivity index (χ0) is 9.42. The number of hydrogen-bond acceptors (Lipinski definition) is 3. The SMILES string of the molecule is Nc1c(Cl)cc(I)c2c1OCCO2. The molecule has 5 heteroatoms. The number of halogens is 2. The summed E-state index contributed by atoms with van der Waals surface area (Å²) in [7, 11) is 0. The molecule has 2 rings (SSSR count). The molecule has 0 aromatic heterocycles. The first kappa shape index (κ1) is 9.21. The summed E-state index contributed by atoms with van der Waals surface area (Å²) >= 11 is 8.03. The van der Waals surface area contributed by atoms with Crippen molar-refractivity contribution in [3.05, 3.63) is 14.7 Å². The van der Waals surface area contributed by atoms with E-state index in [1.54, 1.807) is 6.07 Å². The molecule has 0 saturated carbocycles. The average molecular weight is 312 g/mol. The third kappa shape index (κ3) is 1.52. The predicted octanol–water partition coefficient (Wildman–Crippen LogP) is 2.30. The lowest BCUT2D eigenvalue weighted by molar-refractivity contribution is 0.171. The lowest BCUT2D eigenvalue weighted by atomic mass is 10.2. The molecule has 1 aromatic carbocycles. The van der Waals surface area contributed by atoms with Crippen LogP contribution in [0.1, 0.15) is 0 Å². The van der Waals surface area contributed by atoms with Gasteiger partial charge in [0, 0.05) is 0 Å². The molecule has 0 unspecified atom stereocenters. The third-order valence-electron chi connectivity index (χ3n) is 1.75. The largest absolute Gasteiger partial charge is 0.485 e. The first-order chi connectivity index (χ1) is 6.20. The summed E-state index contributed by atoms with van der Waals surface area (Å²) in [5.74, 6) is 1.27. The van der Waals surface area contributed by atoms with Crippen molar-refractivity contribution in [1.29, 1.82) is 0 Å². The summed E-state index contributed by atoms with van der Waals surface area (Å²) in [4.78, 5) is 0. The molecule has 0 fully saturated rings. The minimum Gasteiger partial charge on any atom is -0.485 e. The molecule has 0 aliphatic carbocycles. The van der Waals surface area contributed by atoms with Crippen LogP contribution in [0.3, 0.4) is 0 Å². The highest BCUT2D eigenvalue weighted by molar-refractivity contribution is 14.1. The Kier molecular flexibility index (Phi) is 2.42. The Morgan fingerprint density at radius 1 is 1.31 bits per heavy atom. The lowest BCUT2D eigenvalue weighted by Crippen LogP contribution is -2.17. The van der Waals surface area contributed by atoms with E-state index in [1.165, 1.54) is 0 Å². The fourth-order valence-corrected chi connectivity index (χ4v) is 2.25. The lowest BCUT2D eigenvalue weighted by Gasteiger charge is -2.21. The van der Waals surface area contributed by atoms with E-state index in [-0.39, 0.29) is 0 Å². The number of ether oxygens (including phenoxy) is 2. The van der Waals surface area contributed by atoms with Gasteiger partial charge in [-0.15, -0.1) is 0 Å². The minimum absolute atomic E-state index is 0.455. The van der Waals surface area contributed by atoms with Crippen LogP contribution in [0.15, 0.2) is 6.07 Å². The third-order valence-corrected chi connectivity index (χ3v) is 2.87. The maximum absolute atomic E-state index is 5.89. The van der Waals surface area contributed by atoms with E-state index >= 15 is 0 Å². The molecule has 1 aliphatic heterocycles. The van der Waals surface area contributed by atoms with Gasteiger partial charge in [0.2, 0.25) is 0 Å². The molecule has 0 atom stereocenters. The first-order valence-electron chi connectivity index (χ1n) is 3.73. The molecule has 70 valence electrons. The highest BCUT2D eigenvalue weighted by atomic mass is 127. The van der Waals surface area contributed by atoms with Crippen molar-refractivity contribution in [1.82, 2.24) is 0 Å². The second-order valence-corrected chi connectivity index (χ2v) is 4.18. The standard InChI is InChI=1S/C8H7ClINO2/c9-4-3-5(10)7-8(6(4)11)13-2-1-12-7/h3H,1-2,11H2. The quantitative estimate of drug-likeness (QED) is 0.591. The van der Waals surface area contributed by atoms with Gasteiger partial charge in [-0.25, -0.2) is 0 Å². The van der Waals surface area contributed by atoms with Crippen molar-refractivity contribution in [2.75, 3.05) is 18.9 Å². The molecule has 0 spiro atoms. The van der Waals surface area contributed by atoms with Gasteiger partial charge in [-0.05, 0) is 28.7 Å². The zero-order valence-electron chi connectivity index (χ0n) is 6.64. The monoisotopic (exact) mass is 311 g/mol. The van der Waals surface area contributed by atoms with Crippen molar-refractivity contribution in [2.45, 2.75) is 0 Å². The molecule has 2 N–H and O–H groups in total. The Hall–Kier alpha value is -0.360. The second-order valence-electron chi connectivity index (χ2n) is 2.61. The number of anilines is 1. The van der Waals surface area contributed by atoms with Crippen molar-refractivity contribution in [2.24, 2.45) is 0 Å². The van der Waals surface area contributed by atoms with Crippen molar-refractivity contribution in [3.63, 3.8) is 0 Å². The minimum atomic E-state index is 0.455.